The number of hydrogen-bond donors (Lipinski definition) is 1. The lowest BCUT2D eigenvalue weighted by Crippen LogP contribution is -2.23. The maximum Gasteiger partial charge on any atom is 0.277 e. The SMILES string of the molecule is COc1ccc(-c2c(S(C)(=O)=O)ccc(C(=O)c3c[nH]n(C(C)C)c3=O)c2C)cc1. The number of aromatic amines is 1. The van der Waals surface area contributed by atoms with Gasteiger partial charge in [-0.15, -0.1) is 0 Å². The molecule has 0 saturated heterocycles. The van der Waals surface area contributed by atoms with Crippen LogP contribution in [-0.2, 0) is 9.84 Å². The number of H-pyrrole nitrogens is 1. The van der Waals surface area contributed by atoms with E-state index in [1.165, 1.54) is 23.0 Å². The van der Waals surface area contributed by atoms with E-state index >= 15 is 0 Å². The molecule has 8 heteroatoms. The molecule has 3 aromatic rings. The van der Waals surface area contributed by atoms with E-state index in [2.05, 4.69) is 5.10 Å². The van der Waals surface area contributed by atoms with Crippen molar-refractivity contribution in [2.75, 3.05) is 13.4 Å². The Balaban J connectivity index is 2.23. The van der Waals surface area contributed by atoms with Crippen molar-refractivity contribution in [3.8, 4) is 16.9 Å². The fourth-order valence-corrected chi connectivity index (χ4v) is 4.39. The summed E-state index contributed by atoms with van der Waals surface area (Å²) >= 11 is 0. The van der Waals surface area contributed by atoms with Crippen molar-refractivity contribution < 1.29 is 17.9 Å². The molecular weight excluding hydrogens is 404 g/mol. The summed E-state index contributed by atoms with van der Waals surface area (Å²) in [7, 11) is -2.01. The smallest absolute Gasteiger partial charge is 0.277 e. The number of ketones is 1. The summed E-state index contributed by atoms with van der Waals surface area (Å²) in [5, 5.41) is 2.81. The van der Waals surface area contributed by atoms with Crippen LogP contribution in [0.25, 0.3) is 11.1 Å². The van der Waals surface area contributed by atoms with Crippen LogP contribution < -0.4 is 10.3 Å². The van der Waals surface area contributed by atoms with Crippen molar-refractivity contribution in [2.24, 2.45) is 0 Å². The van der Waals surface area contributed by atoms with Crippen LogP contribution >= 0.6 is 0 Å². The van der Waals surface area contributed by atoms with Crippen LogP contribution in [0.15, 0.2) is 52.3 Å². The van der Waals surface area contributed by atoms with Gasteiger partial charge in [-0.1, -0.05) is 12.1 Å². The molecule has 1 heterocycles. The van der Waals surface area contributed by atoms with Gasteiger partial charge in [0.25, 0.3) is 5.56 Å². The van der Waals surface area contributed by atoms with E-state index in [0.29, 0.717) is 22.4 Å². The molecule has 0 saturated carbocycles. The van der Waals surface area contributed by atoms with Gasteiger partial charge in [0.1, 0.15) is 11.3 Å². The first-order valence-electron chi connectivity index (χ1n) is 9.39. The summed E-state index contributed by atoms with van der Waals surface area (Å²) in [5.41, 5.74) is 1.44. The number of aromatic nitrogens is 2. The van der Waals surface area contributed by atoms with Gasteiger partial charge in [0.05, 0.1) is 12.0 Å². The number of carbonyl (C=O) groups excluding carboxylic acids is 1. The highest BCUT2D eigenvalue weighted by Crippen LogP contribution is 2.34. The Bertz CT molecular complexity index is 1270. The summed E-state index contributed by atoms with van der Waals surface area (Å²) in [4.78, 5) is 25.9. The van der Waals surface area contributed by atoms with Crippen LogP contribution in [-0.4, -0.2) is 37.3 Å². The Morgan fingerprint density at radius 2 is 1.70 bits per heavy atom. The maximum atomic E-state index is 13.2. The molecule has 0 aliphatic heterocycles. The third-order valence-electron chi connectivity index (χ3n) is 5.01. The molecule has 2 aromatic carbocycles. The van der Waals surface area contributed by atoms with Crippen molar-refractivity contribution in [2.45, 2.75) is 31.7 Å². The van der Waals surface area contributed by atoms with Crippen LogP contribution in [0.3, 0.4) is 0 Å². The zero-order valence-electron chi connectivity index (χ0n) is 17.5. The molecule has 3 rings (SSSR count). The molecular formula is C22H24N2O5S. The summed E-state index contributed by atoms with van der Waals surface area (Å²) < 4.78 is 31.4. The van der Waals surface area contributed by atoms with Gasteiger partial charge in [0, 0.05) is 29.6 Å². The maximum absolute atomic E-state index is 13.2. The van der Waals surface area contributed by atoms with E-state index in [9.17, 15) is 18.0 Å². The van der Waals surface area contributed by atoms with Gasteiger partial charge in [-0.2, -0.15) is 0 Å². The van der Waals surface area contributed by atoms with Gasteiger partial charge in [0.15, 0.2) is 15.6 Å². The fourth-order valence-electron chi connectivity index (χ4n) is 3.43. The van der Waals surface area contributed by atoms with Crippen molar-refractivity contribution in [1.82, 2.24) is 9.78 Å². The Labute approximate surface area is 175 Å². The second-order valence-electron chi connectivity index (χ2n) is 7.40. The number of nitrogens with one attached hydrogen (secondary N) is 1. The third-order valence-corrected chi connectivity index (χ3v) is 6.15. The zero-order valence-corrected chi connectivity index (χ0v) is 18.3. The molecule has 1 aromatic heterocycles. The first kappa shape index (κ1) is 21.6. The van der Waals surface area contributed by atoms with E-state index < -0.39 is 21.2 Å². The van der Waals surface area contributed by atoms with Crippen LogP contribution in [0, 0.1) is 6.92 Å². The molecule has 0 aliphatic rings. The van der Waals surface area contributed by atoms with Gasteiger partial charge in [-0.3, -0.25) is 14.3 Å². The average molecular weight is 429 g/mol. The highest BCUT2D eigenvalue weighted by Gasteiger charge is 2.24. The molecule has 0 atom stereocenters. The summed E-state index contributed by atoms with van der Waals surface area (Å²) in [6.07, 6.45) is 2.52. The van der Waals surface area contributed by atoms with Gasteiger partial charge in [-0.05, 0) is 56.2 Å². The Hall–Kier alpha value is -3.13. The van der Waals surface area contributed by atoms with Gasteiger partial charge >= 0.3 is 0 Å². The number of methoxy groups -OCH3 is 1. The number of sulfone groups is 1. The Morgan fingerprint density at radius 3 is 2.20 bits per heavy atom. The summed E-state index contributed by atoms with van der Waals surface area (Å²) in [5.74, 6) is 0.175. The first-order valence-corrected chi connectivity index (χ1v) is 11.3. The number of ether oxygens (including phenoxy) is 1. The molecule has 0 unspecified atom stereocenters. The molecule has 0 amide bonds. The third kappa shape index (κ3) is 3.82. The summed E-state index contributed by atoms with van der Waals surface area (Å²) in [6.45, 7) is 5.36. The monoisotopic (exact) mass is 428 g/mol. The number of benzene rings is 2. The van der Waals surface area contributed by atoms with Crippen LogP contribution in [0.1, 0.15) is 41.4 Å². The number of nitrogens with zero attached hydrogens (tertiary/aromatic N) is 1. The van der Waals surface area contributed by atoms with Gasteiger partial charge < -0.3 is 9.84 Å². The normalized spacial score (nSPS) is 11.7. The molecule has 0 spiro atoms. The minimum Gasteiger partial charge on any atom is -0.497 e. The number of rotatable bonds is 6. The largest absolute Gasteiger partial charge is 0.497 e. The molecule has 0 radical (unpaired) electrons. The lowest BCUT2D eigenvalue weighted by molar-refractivity contribution is 0.103. The van der Waals surface area contributed by atoms with Crippen molar-refractivity contribution >= 4 is 15.6 Å². The second-order valence-corrected chi connectivity index (χ2v) is 9.38. The van der Waals surface area contributed by atoms with Crippen LogP contribution in [0.5, 0.6) is 5.75 Å². The van der Waals surface area contributed by atoms with Crippen LogP contribution in [0.4, 0.5) is 0 Å². The predicted octanol–water partition coefficient (Wildman–Crippen LogP) is 3.38. The molecule has 7 nitrogen and oxygen atoms in total. The zero-order chi connectivity index (χ0) is 22.2. The number of hydrogen-bond acceptors (Lipinski definition) is 5. The van der Waals surface area contributed by atoms with E-state index in [1.807, 2.05) is 13.8 Å². The summed E-state index contributed by atoms with van der Waals surface area (Å²) in [6, 6.07) is 9.70. The topological polar surface area (TPSA) is 98.2 Å². The molecule has 0 bridgehead atoms. The molecule has 158 valence electrons. The first-order chi connectivity index (χ1) is 14.1. The van der Waals surface area contributed by atoms with Gasteiger partial charge in [-0.25, -0.2) is 8.42 Å². The lowest BCUT2D eigenvalue weighted by atomic mass is 9.93. The molecule has 0 fully saturated rings. The predicted molar refractivity (Wildman–Crippen MR) is 115 cm³/mol. The van der Waals surface area contributed by atoms with Crippen molar-refractivity contribution in [3.05, 3.63) is 69.6 Å². The van der Waals surface area contributed by atoms with Crippen molar-refractivity contribution in [1.29, 1.82) is 0 Å². The highest BCUT2D eigenvalue weighted by molar-refractivity contribution is 7.90. The number of carbonyl (C=O) groups is 1. The molecule has 0 aliphatic carbocycles. The van der Waals surface area contributed by atoms with E-state index in [4.69, 9.17) is 4.74 Å². The van der Waals surface area contributed by atoms with Gasteiger partial charge in [0.2, 0.25) is 0 Å². The minimum absolute atomic E-state index is 0.0135. The minimum atomic E-state index is -3.56. The standard InChI is InChI=1S/C22H24N2O5S/c1-13(2)24-22(26)18(12-23-24)21(25)17-10-11-19(30(5,27)28)20(14(17)3)15-6-8-16(29-4)9-7-15/h6-13,23H,1-5H3. The van der Waals surface area contributed by atoms with E-state index in [0.717, 1.165) is 6.26 Å². The quantitative estimate of drug-likeness (QED) is 0.607. The highest BCUT2D eigenvalue weighted by atomic mass is 32.2. The lowest BCUT2D eigenvalue weighted by Gasteiger charge is -2.15. The van der Waals surface area contributed by atoms with E-state index in [-0.39, 0.29) is 22.1 Å². The second kappa shape index (κ2) is 7.95. The molecule has 30 heavy (non-hydrogen) atoms. The van der Waals surface area contributed by atoms with Crippen molar-refractivity contribution in [3.63, 3.8) is 0 Å². The van der Waals surface area contributed by atoms with Crippen LogP contribution in [0.2, 0.25) is 0 Å². The Morgan fingerprint density at radius 1 is 1.07 bits per heavy atom. The fraction of sp³-hybridized carbons (Fsp3) is 0.273. The molecule has 1 N–H and O–H groups in total. The van der Waals surface area contributed by atoms with E-state index in [1.54, 1.807) is 38.3 Å². The Kier molecular flexibility index (Phi) is 5.72. The average Bonchev–Trinajstić information content (AvgIpc) is 3.08.